The van der Waals surface area contributed by atoms with Gasteiger partial charge in [0.25, 0.3) is 0 Å². The predicted octanol–water partition coefficient (Wildman–Crippen LogP) is 2.66. The molecular formula is C11H13BrO3. The SMILES string of the molecule is CCC1Oc2c(Br)cc(OC)cc2C1O. The molecule has 1 aliphatic heterocycles. The fourth-order valence-electron chi connectivity index (χ4n) is 1.77. The summed E-state index contributed by atoms with van der Waals surface area (Å²) in [5.74, 6) is 1.45. The zero-order valence-corrected chi connectivity index (χ0v) is 10.2. The summed E-state index contributed by atoms with van der Waals surface area (Å²) >= 11 is 3.41. The van der Waals surface area contributed by atoms with Gasteiger partial charge in [-0.3, -0.25) is 0 Å². The van der Waals surface area contributed by atoms with Crippen LogP contribution in [0.1, 0.15) is 25.0 Å². The quantitative estimate of drug-likeness (QED) is 0.900. The summed E-state index contributed by atoms with van der Waals surface area (Å²) in [4.78, 5) is 0. The number of aliphatic hydroxyl groups excluding tert-OH is 1. The first-order chi connectivity index (χ1) is 7.17. The highest BCUT2D eigenvalue weighted by molar-refractivity contribution is 9.10. The summed E-state index contributed by atoms with van der Waals surface area (Å²) in [6.07, 6.45) is 0.0738. The first-order valence-electron chi connectivity index (χ1n) is 4.89. The van der Waals surface area contributed by atoms with E-state index in [1.807, 2.05) is 19.1 Å². The average Bonchev–Trinajstić information content (AvgIpc) is 2.56. The molecule has 0 bridgehead atoms. The maximum absolute atomic E-state index is 9.98. The molecule has 1 aromatic carbocycles. The first kappa shape index (κ1) is 10.8. The van der Waals surface area contributed by atoms with Crippen LogP contribution in [0.15, 0.2) is 16.6 Å². The minimum Gasteiger partial charge on any atom is -0.497 e. The number of methoxy groups -OCH3 is 1. The van der Waals surface area contributed by atoms with Gasteiger partial charge in [0.15, 0.2) is 0 Å². The third-order valence-electron chi connectivity index (χ3n) is 2.62. The van der Waals surface area contributed by atoms with Crippen molar-refractivity contribution in [2.45, 2.75) is 25.6 Å². The van der Waals surface area contributed by atoms with Crippen LogP contribution in [0.2, 0.25) is 0 Å². The molecule has 0 fully saturated rings. The third-order valence-corrected chi connectivity index (χ3v) is 3.21. The molecule has 2 atom stereocenters. The molecule has 0 saturated carbocycles. The van der Waals surface area contributed by atoms with Gasteiger partial charge in [0.05, 0.1) is 11.6 Å². The zero-order chi connectivity index (χ0) is 11.0. The second-order valence-electron chi connectivity index (χ2n) is 3.54. The fraction of sp³-hybridized carbons (Fsp3) is 0.455. The van der Waals surface area contributed by atoms with Gasteiger partial charge >= 0.3 is 0 Å². The van der Waals surface area contributed by atoms with Crippen LogP contribution in [-0.4, -0.2) is 18.3 Å². The molecule has 4 heteroatoms. The Morgan fingerprint density at radius 1 is 1.53 bits per heavy atom. The van der Waals surface area contributed by atoms with Crippen molar-refractivity contribution in [3.63, 3.8) is 0 Å². The Hall–Kier alpha value is -0.740. The maximum atomic E-state index is 9.98. The molecule has 0 aromatic heterocycles. The van der Waals surface area contributed by atoms with Crippen LogP contribution in [-0.2, 0) is 0 Å². The van der Waals surface area contributed by atoms with Gasteiger partial charge in [0, 0.05) is 5.56 Å². The number of halogens is 1. The molecule has 0 aliphatic carbocycles. The van der Waals surface area contributed by atoms with Gasteiger partial charge in [-0.05, 0) is 34.5 Å². The number of rotatable bonds is 2. The van der Waals surface area contributed by atoms with Crippen molar-refractivity contribution in [1.82, 2.24) is 0 Å². The normalized spacial score (nSPS) is 23.5. The topological polar surface area (TPSA) is 38.7 Å². The maximum Gasteiger partial charge on any atom is 0.140 e. The van der Waals surface area contributed by atoms with Gasteiger partial charge in [-0.25, -0.2) is 0 Å². The minimum absolute atomic E-state index is 0.150. The van der Waals surface area contributed by atoms with E-state index in [-0.39, 0.29) is 6.10 Å². The molecular weight excluding hydrogens is 260 g/mol. The molecule has 3 nitrogen and oxygen atoms in total. The van der Waals surface area contributed by atoms with Crippen LogP contribution in [0.4, 0.5) is 0 Å². The molecule has 0 radical (unpaired) electrons. The number of hydrogen-bond acceptors (Lipinski definition) is 3. The van der Waals surface area contributed by atoms with Crippen LogP contribution >= 0.6 is 15.9 Å². The molecule has 82 valence electrons. The molecule has 1 aliphatic rings. The van der Waals surface area contributed by atoms with E-state index >= 15 is 0 Å². The Morgan fingerprint density at radius 3 is 2.87 bits per heavy atom. The second kappa shape index (κ2) is 4.02. The number of ether oxygens (including phenoxy) is 2. The highest BCUT2D eigenvalue weighted by Gasteiger charge is 2.33. The molecule has 0 saturated heterocycles. The Bertz CT molecular complexity index is 378. The zero-order valence-electron chi connectivity index (χ0n) is 8.66. The summed E-state index contributed by atoms with van der Waals surface area (Å²) in [5, 5.41) is 9.98. The van der Waals surface area contributed by atoms with E-state index in [1.165, 1.54) is 0 Å². The van der Waals surface area contributed by atoms with Crippen molar-refractivity contribution in [2.24, 2.45) is 0 Å². The summed E-state index contributed by atoms with van der Waals surface area (Å²) in [7, 11) is 1.60. The largest absolute Gasteiger partial charge is 0.497 e. The minimum atomic E-state index is -0.559. The lowest BCUT2D eigenvalue weighted by Gasteiger charge is -2.10. The fourth-order valence-corrected chi connectivity index (χ4v) is 2.32. The summed E-state index contributed by atoms with van der Waals surface area (Å²) in [6.45, 7) is 1.99. The van der Waals surface area contributed by atoms with Crippen molar-refractivity contribution in [1.29, 1.82) is 0 Å². The van der Waals surface area contributed by atoms with Crippen molar-refractivity contribution >= 4 is 15.9 Å². The van der Waals surface area contributed by atoms with Crippen molar-refractivity contribution in [3.8, 4) is 11.5 Å². The van der Waals surface area contributed by atoms with Gasteiger partial charge in [-0.2, -0.15) is 0 Å². The van der Waals surface area contributed by atoms with Crippen molar-refractivity contribution < 1.29 is 14.6 Å². The van der Waals surface area contributed by atoms with E-state index in [1.54, 1.807) is 7.11 Å². The Balaban J connectivity index is 2.45. The first-order valence-corrected chi connectivity index (χ1v) is 5.68. The number of hydrogen-bond donors (Lipinski definition) is 1. The van der Waals surface area contributed by atoms with E-state index < -0.39 is 6.10 Å². The Labute approximate surface area is 97.1 Å². The second-order valence-corrected chi connectivity index (χ2v) is 4.39. The van der Waals surface area contributed by atoms with Gasteiger partial charge < -0.3 is 14.6 Å². The van der Waals surface area contributed by atoms with E-state index in [2.05, 4.69) is 15.9 Å². The summed E-state index contributed by atoms with van der Waals surface area (Å²) in [6, 6.07) is 3.66. The lowest BCUT2D eigenvalue weighted by Crippen LogP contribution is -2.16. The van der Waals surface area contributed by atoms with E-state index in [0.29, 0.717) is 0 Å². The predicted molar refractivity (Wildman–Crippen MR) is 60.4 cm³/mol. The number of benzene rings is 1. The van der Waals surface area contributed by atoms with E-state index in [9.17, 15) is 5.11 Å². The standard InChI is InChI=1S/C11H13BrO3/c1-3-9-10(13)7-4-6(14-2)5-8(12)11(7)15-9/h4-5,9-10,13H,3H2,1-2H3. The Morgan fingerprint density at radius 2 is 2.27 bits per heavy atom. The molecule has 2 rings (SSSR count). The Kier molecular flexibility index (Phi) is 2.89. The number of fused-ring (bicyclic) bond motifs is 1. The smallest absolute Gasteiger partial charge is 0.140 e. The molecule has 15 heavy (non-hydrogen) atoms. The molecule has 2 unspecified atom stereocenters. The lowest BCUT2D eigenvalue weighted by molar-refractivity contribution is 0.0650. The van der Waals surface area contributed by atoms with Gasteiger partial charge in [-0.1, -0.05) is 6.92 Å². The van der Waals surface area contributed by atoms with Gasteiger partial charge in [-0.15, -0.1) is 0 Å². The van der Waals surface area contributed by atoms with Crippen molar-refractivity contribution in [3.05, 3.63) is 22.2 Å². The summed E-state index contributed by atoms with van der Waals surface area (Å²) < 4.78 is 11.6. The molecule has 1 N–H and O–H groups in total. The highest BCUT2D eigenvalue weighted by atomic mass is 79.9. The summed E-state index contributed by atoms with van der Waals surface area (Å²) in [5.41, 5.74) is 0.799. The average molecular weight is 273 g/mol. The lowest BCUT2D eigenvalue weighted by atomic mass is 10.1. The monoisotopic (exact) mass is 272 g/mol. The molecule has 0 spiro atoms. The van der Waals surface area contributed by atoms with E-state index in [0.717, 1.165) is 28.0 Å². The van der Waals surface area contributed by atoms with Gasteiger partial charge in [0.1, 0.15) is 23.7 Å². The van der Waals surface area contributed by atoms with Crippen LogP contribution in [0, 0.1) is 0 Å². The molecule has 0 amide bonds. The molecule has 1 aromatic rings. The third kappa shape index (κ3) is 1.72. The van der Waals surface area contributed by atoms with Crippen molar-refractivity contribution in [2.75, 3.05) is 7.11 Å². The number of aliphatic hydroxyl groups is 1. The van der Waals surface area contributed by atoms with Gasteiger partial charge in [0.2, 0.25) is 0 Å². The van der Waals surface area contributed by atoms with Crippen LogP contribution < -0.4 is 9.47 Å². The van der Waals surface area contributed by atoms with Crippen LogP contribution in [0.3, 0.4) is 0 Å². The van der Waals surface area contributed by atoms with Crippen LogP contribution in [0.25, 0.3) is 0 Å². The van der Waals surface area contributed by atoms with Crippen LogP contribution in [0.5, 0.6) is 11.5 Å². The van der Waals surface area contributed by atoms with E-state index in [4.69, 9.17) is 9.47 Å². The highest BCUT2D eigenvalue weighted by Crippen LogP contribution is 2.44. The molecule has 1 heterocycles.